The van der Waals surface area contributed by atoms with Crippen LogP contribution in [0, 0.1) is 0 Å². The zero-order valence-corrected chi connectivity index (χ0v) is 16.6. The van der Waals surface area contributed by atoms with Crippen LogP contribution in [-0.2, 0) is 10.2 Å². The van der Waals surface area contributed by atoms with E-state index < -0.39 is 3.79 Å². The molecule has 0 atom stereocenters. The summed E-state index contributed by atoms with van der Waals surface area (Å²) in [4.78, 5) is 17.0. The quantitative estimate of drug-likeness (QED) is 0.590. The van der Waals surface area contributed by atoms with Gasteiger partial charge in [-0.05, 0) is 36.2 Å². The lowest BCUT2D eigenvalue weighted by Crippen LogP contribution is -2.15. The summed E-state index contributed by atoms with van der Waals surface area (Å²) in [6, 6.07) is 11.2. The third kappa shape index (κ3) is 5.42. The lowest BCUT2D eigenvalue weighted by Gasteiger charge is -2.13. The van der Waals surface area contributed by atoms with Crippen LogP contribution in [0.4, 0.5) is 5.95 Å². The number of hydrogen-bond donors (Lipinski definition) is 1. The van der Waals surface area contributed by atoms with E-state index in [9.17, 15) is 0 Å². The summed E-state index contributed by atoms with van der Waals surface area (Å²) in [5, 5.41) is 3.15. The molecule has 0 unspecified atom stereocenters. The van der Waals surface area contributed by atoms with E-state index in [4.69, 9.17) is 39.5 Å². The van der Waals surface area contributed by atoms with Crippen LogP contribution in [0.3, 0.4) is 0 Å². The molecule has 0 aliphatic carbocycles. The van der Waals surface area contributed by atoms with Crippen molar-refractivity contribution in [2.45, 2.75) is 10.2 Å². The highest BCUT2D eigenvalue weighted by Gasteiger charge is 2.28. The molecule has 0 fully saturated rings. The number of pyridine rings is 1. The van der Waals surface area contributed by atoms with Gasteiger partial charge in [-0.2, -0.15) is 9.97 Å². The zero-order chi connectivity index (χ0) is 19.3. The molecule has 6 nitrogen and oxygen atoms in total. The average Bonchev–Trinajstić information content (AvgIpc) is 2.68. The Morgan fingerprint density at radius 2 is 1.81 bits per heavy atom. The molecule has 0 saturated heterocycles. The van der Waals surface area contributed by atoms with E-state index in [1.807, 2.05) is 30.3 Å². The Kier molecular flexibility index (Phi) is 6.31. The zero-order valence-electron chi connectivity index (χ0n) is 14.4. The first-order chi connectivity index (χ1) is 13.0. The van der Waals surface area contributed by atoms with Crippen LogP contribution in [0.15, 0.2) is 48.8 Å². The molecule has 0 spiro atoms. The molecule has 0 bridgehead atoms. The summed E-state index contributed by atoms with van der Waals surface area (Å²) in [7, 11) is 1.59. The van der Waals surface area contributed by atoms with Crippen molar-refractivity contribution >= 4 is 40.8 Å². The highest BCUT2D eigenvalue weighted by atomic mass is 35.6. The first-order valence-electron chi connectivity index (χ1n) is 8.06. The molecule has 3 aromatic rings. The monoisotopic (exact) mass is 423 g/mol. The number of alkyl halides is 3. The third-order valence-corrected chi connectivity index (χ3v) is 4.17. The maximum absolute atomic E-state index is 6.00. The smallest absolute Gasteiger partial charge is 0.250 e. The lowest BCUT2D eigenvalue weighted by atomic mass is 10.2. The predicted molar refractivity (Wildman–Crippen MR) is 107 cm³/mol. The molecular formula is C18H16Cl3N5O. The molecule has 27 heavy (non-hydrogen) atoms. The molecule has 0 aliphatic heterocycles. The number of halogens is 3. The van der Waals surface area contributed by atoms with Crippen LogP contribution < -0.4 is 10.1 Å². The molecule has 0 aliphatic rings. The minimum absolute atomic E-state index is 0.0479. The highest BCUT2D eigenvalue weighted by Crippen LogP contribution is 2.37. The molecule has 0 amide bonds. The Hall–Kier alpha value is -2.15. The molecule has 0 radical (unpaired) electrons. The highest BCUT2D eigenvalue weighted by molar-refractivity contribution is 6.66. The van der Waals surface area contributed by atoms with Crippen LogP contribution in [0.2, 0.25) is 0 Å². The van der Waals surface area contributed by atoms with Gasteiger partial charge in [0.25, 0.3) is 0 Å². The SMILES string of the molecule is COc1cccc(-c2nc(NCCc3ccncc3)nc(C(Cl)(Cl)Cl)n2)c1. The number of benzene rings is 1. The number of hydrogen-bond acceptors (Lipinski definition) is 6. The van der Waals surface area contributed by atoms with E-state index >= 15 is 0 Å². The Labute approximate surface area is 171 Å². The van der Waals surface area contributed by atoms with E-state index in [0.717, 1.165) is 17.5 Å². The van der Waals surface area contributed by atoms with Gasteiger partial charge >= 0.3 is 0 Å². The summed E-state index contributed by atoms with van der Waals surface area (Å²) in [5.41, 5.74) is 1.87. The normalized spacial score (nSPS) is 11.3. The van der Waals surface area contributed by atoms with Crippen LogP contribution in [0.1, 0.15) is 11.4 Å². The standard InChI is InChI=1S/C18H16Cl3N5O/c1-27-14-4-2-3-13(11-14)15-24-16(18(19,20)21)26-17(25-15)23-10-7-12-5-8-22-9-6-12/h2-6,8-9,11H,7,10H2,1H3,(H,23,24,25,26). The fourth-order valence-corrected chi connectivity index (χ4v) is 2.59. The van der Waals surface area contributed by atoms with Crippen molar-refractivity contribution in [3.8, 4) is 17.1 Å². The molecule has 9 heteroatoms. The Morgan fingerprint density at radius 3 is 2.52 bits per heavy atom. The Balaban J connectivity index is 1.86. The van der Waals surface area contributed by atoms with Crippen molar-refractivity contribution in [2.75, 3.05) is 19.0 Å². The summed E-state index contributed by atoms with van der Waals surface area (Å²) in [6.45, 7) is 0.602. The van der Waals surface area contributed by atoms with Gasteiger partial charge in [0.05, 0.1) is 7.11 Å². The molecule has 140 valence electrons. The Bertz CT molecular complexity index is 903. The molecule has 2 heterocycles. The minimum atomic E-state index is -1.77. The van der Waals surface area contributed by atoms with Gasteiger partial charge in [-0.15, -0.1) is 0 Å². The van der Waals surface area contributed by atoms with E-state index in [0.29, 0.717) is 24.1 Å². The number of rotatable bonds is 6. The maximum Gasteiger partial charge on any atom is 0.250 e. The number of ether oxygens (including phenoxy) is 1. The van der Waals surface area contributed by atoms with Gasteiger partial charge in [0.1, 0.15) is 5.75 Å². The van der Waals surface area contributed by atoms with Crippen LogP contribution in [-0.4, -0.2) is 33.6 Å². The van der Waals surface area contributed by atoms with Gasteiger partial charge < -0.3 is 10.1 Å². The summed E-state index contributed by atoms with van der Waals surface area (Å²) in [6.07, 6.45) is 4.27. The molecule has 3 rings (SSSR count). The topological polar surface area (TPSA) is 72.8 Å². The number of anilines is 1. The number of aromatic nitrogens is 4. The first-order valence-corrected chi connectivity index (χ1v) is 9.19. The fourth-order valence-electron chi connectivity index (χ4n) is 2.34. The van der Waals surface area contributed by atoms with E-state index in [2.05, 4.69) is 25.3 Å². The molecule has 1 N–H and O–H groups in total. The van der Waals surface area contributed by atoms with Crippen molar-refractivity contribution in [2.24, 2.45) is 0 Å². The number of nitrogens with zero attached hydrogens (tertiary/aromatic N) is 4. The van der Waals surface area contributed by atoms with Gasteiger partial charge in [-0.3, -0.25) is 4.98 Å². The molecule has 2 aromatic heterocycles. The first kappa shape index (κ1) is 19.6. The summed E-state index contributed by atoms with van der Waals surface area (Å²) >= 11 is 18.0. The van der Waals surface area contributed by atoms with Crippen LogP contribution in [0.25, 0.3) is 11.4 Å². The lowest BCUT2D eigenvalue weighted by molar-refractivity contribution is 0.415. The van der Waals surface area contributed by atoms with Crippen molar-refractivity contribution < 1.29 is 4.74 Å². The third-order valence-electron chi connectivity index (χ3n) is 3.66. The predicted octanol–water partition coefficient (Wildman–Crippen LogP) is 4.42. The largest absolute Gasteiger partial charge is 0.497 e. The second-order valence-electron chi connectivity index (χ2n) is 5.57. The Morgan fingerprint density at radius 1 is 1.04 bits per heavy atom. The van der Waals surface area contributed by atoms with Crippen LogP contribution >= 0.6 is 34.8 Å². The number of nitrogens with one attached hydrogen (secondary N) is 1. The molecule has 1 aromatic carbocycles. The van der Waals surface area contributed by atoms with Gasteiger partial charge in [-0.1, -0.05) is 46.9 Å². The molecule has 0 saturated carbocycles. The second-order valence-corrected chi connectivity index (χ2v) is 7.85. The van der Waals surface area contributed by atoms with Crippen LogP contribution in [0.5, 0.6) is 5.75 Å². The van der Waals surface area contributed by atoms with Crippen molar-refractivity contribution in [1.82, 2.24) is 19.9 Å². The minimum Gasteiger partial charge on any atom is -0.497 e. The van der Waals surface area contributed by atoms with Gasteiger partial charge in [-0.25, -0.2) is 4.98 Å². The summed E-state index contributed by atoms with van der Waals surface area (Å²) < 4.78 is 3.48. The van der Waals surface area contributed by atoms with Crippen molar-refractivity contribution in [3.05, 3.63) is 60.2 Å². The number of methoxy groups -OCH3 is 1. The maximum atomic E-state index is 6.00. The van der Waals surface area contributed by atoms with E-state index in [1.54, 1.807) is 25.6 Å². The van der Waals surface area contributed by atoms with Gasteiger partial charge in [0.15, 0.2) is 11.6 Å². The second kappa shape index (κ2) is 8.69. The summed E-state index contributed by atoms with van der Waals surface area (Å²) in [5.74, 6) is 1.44. The van der Waals surface area contributed by atoms with Gasteiger partial charge in [0, 0.05) is 24.5 Å². The van der Waals surface area contributed by atoms with Crippen molar-refractivity contribution in [1.29, 1.82) is 0 Å². The fraction of sp³-hybridized carbons (Fsp3) is 0.222. The van der Waals surface area contributed by atoms with Gasteiger partial charge in [0.2, 0.25) is 9.74 Å². The van der Waals surface area contributed by atoms with Crippen molar-refractivity contribution in [3.63, 3.8) is 0 Å². The average molecular weight is 425 g/mol. The van der Waals surface area contributed by atoms with E-state index in [1.165, 1.54) is 0 Å². The van der Waals surface area contributed by atoms with E-state index in [-0.39, 0.29) is 5.82 Å². The molecular weight excluding hydrogens is 409 g/mol.